The lowest BCUT2D eigenvalue weighted by molar-refractivity contribution is 0.0646. The minimum Gasteiger partial charge on any atom is -0.496 e. The summed E-state index contributed by atoms with van der Waals surface area (Å²) in [5, 5.41) is 20.8. The molecule has 2 aromatic rings. The van der Waals surface area contributed by atoms with Crippen LogP contribution >= 0.6 is 0 Å². The Morgan fingerprint density at radius 3 is 1.71 bits per heavy atom. The normalized spacial score (nSPS) is 13.2. The van der Waals surface area contributed by atoms with Crippen molar-refractivity contribution >= 4 is 6.08 Å². The number of benzene rings is 2. The van der Waals surface area contributed by atoms with Gasteiger partial charge in [0.15, 0.2) is 0 Å². The van der Waals surface area contributed by atoms with Gasteiger partial charge in [-0.3, -0.25) is 0 Å². The summed E-state index contributed by atoms with van der Waals surface area (Å²) in [7, 11) is 6.26. The predicted molar refractivity (Wildman–Crippen MR) is 108 cm³/mol. The molecule has 0 aromatic heterocycles. The molecule has 2 atom stereocenters. The maximum absolute atomic E-state index is 10.9. The first-order valence-electron chi connectivity index (χ1n) is 8.98. The highest BCUT2D eigenvalue weighted by Gasteiger charge is 2.26. The Kier molecular flexibility index (Phi) is 8.17. The number of aliphatic hydroxyl groups is 2. The van der Waals surface area contributed by atoms with Gasteiger partial charge in [-0.25, -0.2) is 0 Å². The van der Waals surface area contributed by atoms with Crippen LogP contribution in [0.4, 0.5) is 0 Å². The molecule has 0 fully saturated rings. The summed E-state index contributed by atoms with van der Waals surface area (Å²) in [6, 6.07) is 10.8. The largest absolute Gasteiger partial charge is 0.496 e. The lowest BCUT2D eigenvalue weighted by atomic mass is 9.91. The van der Waals surface area contributed by atoms with E-state index in [-0.39, 0.29) is 6.61 Å². The van der Waals surface area contributed by atoms with E-state index in [1.807, 2.05) is 30.4 Å². The van der Waals surface area contributed by atoms with Crippen LogP contribution in [0.1, 0.15) is 23.7 Å². The fourth-order valence-corrected chi connectivity index (χ4v) is 3.12. The zero-order valence-electron chi connectivity index (χ0n) is 16.7. The number of rotatable bonds is 10. The van der Waals surface area contributed by atoms with Gasteiger partial charge in [0.1, 0.15) is 23.0 Å². The highest BCUT2D eigenvalue weighted by molar-refractivity contribution is 5.64. The quantitative estimate of drug-likeness (QED) is 0.649. The molecule has 6 heteroatoms. The van der Waals surface area contributed by atoms with Crippen molar-refractivity contribution < 1.29 is 29.2 Å². The van der Waals surface area contributed by atoms with Crippen LogP contribution in [-0.4, -0.2) is 45.3 Å². The Morgan fingerprint density at radius 2 is 1.29 bits per heavy atom. The van der Waals surface area contributed by atoms with Gasteiger partial charge in [-0.1, -0.05) is 24.3 Å². The van der Waals surface area contributed by atoms with Crippen LogP contribution in [0.5, 0.6) is 23.0 Å². The molecule has 0 bridgehead atoms. The monoisotopic (exact) mass is 388 g/mol. The third-order valence-electron chi connectivity index (χ3n) is 4.63. The smallest absolute Gasteiger partial charge is 0.129 e. The predicted octanol–water partition coefficient (Wildman–Crippen LogP) is 3.47. The molecule has 2 N–H and O–H groups in total. The van der Waals surface area contributed by atoms with Crippen LogP contribution in [-0.2, 0) is 0 Å². The van der Waals surface area contributed by atoms with Crippen molar-refractivity contribution in [2.24, 2.45) is 5.92 Å². The van der Waals surface area contributed by atoms with Crippen molar-refractivity contribution in [1.82, 2.24) is 0 Å². The Labute approximate surface area is 165 Å². The van der Waals surface area contributed by atoms with Crippen molar-refractivity contribution in [3.8, 4) is 23.0 Å². The van der Waals surface area contributed by atoms with Crippen LogP contribution in [0.2, 0.25) is 0 Å². The van der Waals surface area contributed by atoms with Gasteiger partial charge in [-0.2, -0.15) is 0 Å². The number of methoxy groups -OCH3 is 4. The molecule has 0 spiro atoms. The SMILES string of the molecule is COc1cccc(OC)c1/C=C/CC(CO)C(O)c1c(OC)cccc1OC. The van der Waals surface area contributed by atoms with E-state index < -0.39 is 12.0 Å². The molecule has 2 rings (SSSR count). The summed E-state index contributed by atoms with van der Waals surface area (Å²) in [5.41, 5.74) is 1.32. The average molecular weight is 388 g/mol. The first-order valence-corrected chi connectivity index (χ1v) is 8.98. The van der Waals surface area contributed by atoms with Crippen LogP contribution in [0.25, 0.3) is 6.08 Å². The summed E-state index contributed by atoms with van der Waals surface area (Å²) in [6.07, 6.45) is 3.22. The van der Waals surface area contributed by atoms with Gasteiger partial charge in [0.05, 0.1) is 45.7 Å². The second kappa shape index (κ2) is 10.6. The first kappa shape index (κ1) is 21.6. The average Bonchev–Trinajstić information content (AvgIpc) is 2.75. The number of ether oxygens (including phenoxy) is 4. The van der Waals surface area contributed by atoms with E-state index in [0.29, 0.717) is 35.0 Å². The Morgan fingerprint density at radius 1 is 0.821 bits per heavy atom. The molecule has 28 heavy (non-hydrogen) atoms. The minimum absolute atomic E-state index is 0.199. The highest BCUT2D eigenvalue weighted by Crippen LogP contribution is 2.38. The van der Waals surface area contributed by atoms with E-state index in [1.165, 1.54) is 14.2 Å². The maximum Gasteiger partial charge on any atom is 0.129 e. The van der Waals surface area contributed by atoms with Gasteiger partial charge in [-0.05, 0) is 30.7 Å². The minimum atomic E-state index is -0.958. The standard InChI is InChI=1S/C22H28O6/c1-25-17-10-6-11-18(26-2)16(17)9-5-8-15(14-23)22(24)21-19(27-3)12-7-13-20(21)28-4/h5-7,9-13,15,22-24H,8,14H2,1-4H3/b9-5+. The number of aliphatic hydroxyl groups excluding tert-OH is 2. The number of allylic oxidation sites excluding steroid dienone is 1. The van der Waals surface area contributed by atoms with E-state index in [9.17, 15) is 10.2 Å². The molecule has 0 heterocycles. The zero-order chi connectivity index (χ0) is 20.5. The van der Waals surface area contributed by atoms with Crippen molar-refractivity contribution in [1.29, 1.82) is 0 Å². The van der Waals surface area contributed by atoms with Gasteiger partial charge < -0.3 is 29.2 Å². The van der Waals surface area contributed by atoms with E-state index >= 15 is 0 Å². The Hall–Kier alpha value is -2.70. The zero-order valence-corrected chi connectivity index (χ0v) is 16.7. The van der Waals surface area contributed by atoms with Crippen LogP contribution in [0.3, 0.4) is 0 Å². The maximum atomic E-state index is 10.9. The lowest BCUT2D eigenvalue weighted by Crippen LogP contribution is -2.17. The molecule has 0 amide bonds. The van der Waals surface area contributed by atoms with Gasteiger partial charge in [0.25, 0.3) is 0 Å². The van der Waals surface area contributed by atoms with Gasteiger partial charge in [0, 0.05) is 12.5 Å². The van der Waals surface area contributed by atoms with Crippen molar-refractivity contribution in [3.05, 3.63) is 53.6 Å². The lowest BCUT2D eigenvalue weighted by Gasteiger charge is -2.23. The molecule has 0 saturated heterocycles. The van der Waals surface area contributed by atoms with E-state index in [1.54, 1.807) is 32.4 Å². The fraction of sp³-hybridized carbons (Fsp3) is 0.364. The highest BCUT2D eigenvalue weighted by atomic mass is 16.5. The molecule has 2 unspecified atom stereocenters. The molecule has 6 nitrogen and oxygen atoms in total. The molecule has 0 aliphatic carbocycles. The van der Waals surface area contributed by atoms with Gasteiger partial charge in [-0.15, -0.1) is 0 Å². The molecule has 0 saturated carbocycles. The molecule has 0 radical (unpaired) electrons. The summed E-state index contributed by atoms with van der Waals surface area (Å²) < 4.78 is 21.5. The molecule has 0 aliphatic rings. The van der Waals surface area contributed by atoms with Crippen LogP contribution in [0, 0.1) is 5.92 Å². The Bertz CT molecular complexity index is 742. The third-order valence-corrected chi connectivity index (χ3v) is 4.63. The summed E-state index contributed by atoms with van der Waals surface area (Å²) >= 11 is 0. The van der Waals surface area contributed by atoms with Crippen LogP contribution < -0.4 is 18.9 Å². The molecule has 152 valence electrons. The molecular formula is C22H28O6. The van der Waals surface area contributed by atoms with E-state index in [4.69, 9.17) is 18.9 Å². The van der Waals surface area contributed by atoms with Crippen molar-refractivity contribution in [2.45, 2.75) is 12.5 Å². The van der Waals surface area contributed by atoms with E-state index in [0.717, 1.165) is 5.56 Å². The summed E-state index contributed by atoms with van der Waals surface area (Å²) in [5.74, 6) is 1.95. The molecule has 0 aliphatic heterocycles. The number of hydrogen-bond acceptors (Lipinski definition) is 6. The van der Waals surface area contributed by atoms with Crippen LogP contribution in [0.15, 0.2) is 42.5 Å². The third kappa shape index (κ3) is 4.77. The fourth-order valence-electron chi connectivity index (χ4n) is 3.12. The van der Waals surface area contributed by atoms with E-state index in [2.05, 4.69) is 0 Å². The topological polar surface area (TPSA) is 77.4 Å². The number of hydrogen-bond donors (Lipinski definition) is 2. The van der Waals surface area contributed by atoms with Gasteiger partial charge in [0.2, 0.25) is 0 Å². The molecular weight excluding hydrogens is 360 g/mol. The Balaban J connectivity index is 2.26. The second-order valence-electron chi connectivity index (χ2n) is 6.18. The first-order chi connectivity index (χ1) is 13.6. The second-order valence-corrected chi connectivity index (χ2v) is 6.18. The van der Waals surface area contributed by atoms with Crippen molar-refractivity contribution in [3.63, 3.8) is 0 Å². The van der Waals surface area contributed by atoms with Gasteiger partial charge >= 0.3 is 0 Å². The summed E-state index contributed by atoms with van der Waals surface area (Å²) in [4.78, 5) is 0. The van der Waals surface area contributed by atoms with Crippen molar-refractivity contribution in [2.75, 3.05) is 35.0 Å². The molecule has 2 aromatic carbocycles. The summed E-state index contributed by atoms with van der Waals surface area (Å²) in [6.45, 7) is -0.199.